The molecule has 1 aromatic rings. The molecule has 0 spiro atoms. The second-order valence-corrected chi connectivity index (χ2v) is 7.22. The molecular weight excluding hydrogens is 372 g/mol. The molecule has 1 unspecified atom stereocenters. The number of carbonyl (C=O) groups is 3. The van der Waals surface area contributed by atoms with Crippen molar-refractivity contribution in [1.29, 1.82) is 0 Å². The van der Waals surface area contributed by atoms with Gasteiger partial charge >= 0.3 is 5.97 Å². The average molecular weight is 397 g/mol. The summed E-state index contributed by atoms with van der Waals surface area (Å²) in [4.78, 5) is 35.2. The van der Waals surface area contributed by atoms with Crippen molar-refractivity contribution in [2.45, 2.75) is 58.8 Å². The standard InChI is InChI=1S/C19H25BrO4/c1-5-24-19(23)11-16(10-18(22)6-13(4)21)15-7-14(12(2)3)8-17(20)9-15/h7-9,12,16H,5-6,10-11H2,1-4H3. The highest BCUT2D eigenvalue weighted by Gasteiger charge is 2.22. The summed E-state index contributed by atoms with van der Waals surface area (Å²) in [6.07, 6.45) is 0.197. The lowest BCUT2D eigenvalue weighted by Crippen LogP contribution is -2.15. The van der Waals surface area contributed by atoms with Crippen LogP contribution in [0.2, 0.25) is 0 Å². The van der Waals surface area contributed by atoms with E-state index in [1.807, 2.05) is 18.2 Å². The van der Waals surface area contributed by atoms with E-state index in [1.165, 1.54) is 6.92 Å². The third kappa shape index (κ3) is 6.95. The molecule has 1 rings (SSSR count). The second kappa shape index (κ2) is 9.72. The number of benzene rings is 1. The van der Waals surface area contributed by atoms with Crippen molar-refractivity contribution < 1.29 is 19.1 Å². The molecule has 0 aromatic heterocycles. The van der Waals surface area contributed by atoms with Crippen LogP contribution in [-0.4, -0.2) is 24.1 Å². The molecule has 0 aliphatic heterocycles. The summed E-state index contributed by atoms with van der Waals surface area (Å²) >= 11 is 3.50. The number of carbonyl (C=O) groups excluding carboxylic acids is 3. The van der Waals surface area contributed by atoms with Crippen molar-refractivity contribution in [3.63, 3.8) is 0 Å². The lowest BCUT2D eigenvalue weighted by molar-refractivity contribution is -0.143. The molecule has 0 saturated carbocycles. The van der Waals surface area contributed by atoms with Gasteiger partial charge in [0.05, 0.1) is 19.4 Å². The van der Waals surface area contributed by atoms with E-state index in [1.54, 1.807) is 6.92 Å². The van der Waals surface area contributed by atoms with Gasteiger partial charge in [0.15, 0.2) is 0 Å². The van der Waals surface area contributed by atoms with Crippen LogP contribution in [0.4, 0.5) is 0 Å². The minimum atomic E-state index is -0.329. The van der Waals surface area contributed by atoms with Gasteiger partial charge in [0.2, 0.25) is 0 Å². The Morgan fingerprint density at radius 3 is 2.25 bits per heavy atom. The molecule has 5 heteroatoms. The number of rotatable bonds is 9. The Bertz CT molecular complexity index is 607. The molecule has 0 aliphatic carbocycles. The van der Waals surface area contributed by atoms with Crippen LogP contribution in [0.3, 0.4) is 0 Å². The maximum atomic E-state index is 12.1. The third-order valence-electron chi connectivity index (χ3n) is 3.72. The Morgan fingerprint density at radius 2 is 1.71 bits per heavy atom. The third-order valence-corrected chi connectivity index (χ3v) is 4.18. The summed E-state index contributed by atoms with van der Waals surface area (Å²) in [6.45, 7) is 7.64. The number of Topliss-reactive ketones (excluding diaryl/α,β-unsaturated/α-hetero) is 2. The van der Waals surface area contributed by atoms with E-state index in [9.17, 15) is 14.4 Å². The van der Waals surface area contributed by atoms with Crippen molar-refractivity contribution >= 4 is 33.5 Å². The van der Waals surface area contributed by atoms with Gasteiger partial charge < -0.3 is 4.74 Å². The number of hydrogen-bond donors (Lipinski definition) is 0. The van der Waals surface area contributed by atoms with Crippen molar-refractivity contribution in [1.82, 2.24) is 0 Å². The smallest absolute Gasteiger partial charge is 0.306 e. The highest BCUT2D eigenvalue weighted by atomic mass is 79.9. The molecule has 4 nitrogen and oxygen atoms in total. The highest BCUT2D eigenvalue weighted by molar-refractivity contribution is 9.10. The van der Waals surface area contributed by atoms with Gasteiger partial charge in [-0.1, -0.05) is 35.8 Å². The summed E-state index contributed by atoms with van der Waals surface area (Å²) < 4.78 is 5.95. The Morgan fingerprint density at radius 1 is 1.08 bits per heavy atom. The van der Waals surface area contributed by atoms with Crippen LogP contribution in [-0.2, 0) is 19.1 Å². The van der Waals surface area contributed by atoms with Crippen LogP contribution in [0.15, 0.2) is 22.7 Å². The zero-order valence-corrected chi connectivity index (χ0v) is 16.3. The molecule has 0 bridgehead atoms. The van der Waals surface area contributed by atoms with Crippen molar-refractivity contribution in [2.24, 2.45) is 0 Å². The van der Waals surface area contributed by atoms with Crippen LogP contribution in [0.25, 0.3) is 0 Å². The maximum absolute atomic E-state index is 12.1. The monoisotopic (exact) mass is 396 g/mol. The Labute approximate surface area is 152 Å². The molecule has 0 amide bonds. The van der Waals surface area contributed by atoms with E-state index < -0.39 is 0 Å². The van der Waals surface area contributed by atoms with E-state index in [2.05, 4.69) is 29.8 Å². The second-order valence-electron chi connectivity index (χ2n) is 6.30. The van der Waals surface area contributed by atoms with Gasteiger partial charge in [0.1, 0.15) is 11.6 Å². The predicted octanol–water partition coefficient (Wildman–Crippen LogP) is 4.55. The first-order valence-corrected chi connectivity index (χ1v) is 8.99. The number of ketones is 2. The van der Waals surface area contributed by atoms with E-state index in [4.69, 9.17) is 4.74 Å². The van der Waals surface area contributed by atoms with Crippen molar-refractivity contribution in [3.8, 4) is 0 Å². The average Bonchev–Trinajstić information content (AvgIpc) is 2.45. The molecule has 132 valence electrons. The van der Waals surface area contributed by atoms with Crippen LogP contribution >= 0.6 is 15.9 Å². The van der Waals surface area contributed by atoms with Gasteiger partial charge in [-0.05, 0) is 43.0 Å². The van der Waals surface area contributed by atoms with E-state index in [0.717, 1.165) is 15.6 Å². The molecule has 0 fully saturated rings. The topological polar surface area (TPSA) is 60.4 Å². The summed E-state index contributed by atoms with van der Waals surface area (Å²) in [5.74, 6) is -0.595. The Kier molecular flexibility index (Phi) is 8.32. The molecule has 0 heterocycles. The lowest BCUT2D eigenvalue weighted by Gasteiger charge is -2.18. The Hall–Kier alpha value is -1.49. The fraction of sp³-hybridized carbons (Fsp3) is 0.526. The van der Waals surface area contributed by atoms with Crippen LogP contribution in [0.5, 0.6) is 0 Å². The predicted molar refractivity (Wildman–Crippen MR) is 97.1 cm³/mol. The molecule has 0 N–H and O–H groups in total. The molecule has 0 saturated heterocycles. The summed E-state index contributed by atoms with van der Waals surface area (Å²) in [6, 6.07) is 5.99. The van der Waals surface area contributed by atoms with Crippen LogP contribution in [0, 0.1) is 0 Å². The molecule has 1 atom stereocenters. The molecular formula is C19H25BrO4. The zero-order chi connectivity index (χ0) is 18.3. The van der Waals surface area contributed by atoms with E-state index in [-0.39, 0.29) is 42.7 Å². The van der Waals surface area contributed by atoms with Crippen molar-refractivity contribution in [3.05, 3.63) is 33.8 Å². The molecule has 1 aromatic carbocycles. The normalized spacial score (nSPS) is 12.1. The van der Waals surface area contributed by atoms with Gasteiger partial charge in [-0.3, -0.25) is 14.4 Å². The Balaban J connectivity index is 3.09. The minimum Gasteiger partial charge on any atom is -0.466 e. The number of hydrogen-bond acceptors (Lipinski definition) is 4. The molecule has 0 radical (unpaired) electrons. The highest BCUT2D eigenvalue weighted by Crippen LogP contribution is 2.31. The largest absolute Gasteiger partial charge is 0.466 e. The van der Waals surface area contributed by atoms with Gasteiger partial charge in [0.25, 0.3) is 0 Å². The van der Waals surface area contributed by atoms with Gasteiger partial charge in [0, 0.05) is 16.8 Å². The lowest BCUT2D eigenvalue weighted by atomic mass is 9.87. The first-order chi connectivity index (χ1) is 11.2. The fourth-order valence-electron chi connectivity index (χ4n) is 2.56. The van der Waals surface area contributed by atoms with Gasteiger partial charge in [-0.25, -0.2) is 0 Å². The first-order valence-electron chi connectivity index (χ1n) is 8.20. The van der Waals surface area contributed by atoms with Crippen LogP contribution in [0.1, 0.15) is 69.9 Å². The summed E-state index contributed by atoms with van der Waals surface area (Å²) in [5, 5.41) is 0. The van der Waals surface area contributed by atoms with E-state index >= 15 is 0 Å². The number of esters is 1. The van der Waals surface area contributed by atoms with E-state index in [0.29, 0.717) is 12.5 Å². The fourth-order valence-corrected chi connectivity index (χ4v) is 3.09. The quantitative estimate of drug-likeness (QED) is 0.453. The van der Waals surface area contributed by atoms with Gasteiger partial charge in [-0.2, -0.15) is 0 Å². The SMILES string of the molecule is CCOC(=O)CC(CC(=O)CC(C)=O)c1cc(Br)cc(C(C)C)c1. The van der Waals surface area contributed by atoms with Crippen molar-refractivity contribution in [2.75, 3.05) is 6.61 Å². The minimum absolute atomic E-state index is 0.0929. The van der Waals surface area contributed by atoms with Crippen LogP contribution < -0.4 is 0 Å². The number of ether oxygens (including phenoxy) is 1. The maximum Gasteiger partial charge on any atom is 0.306 e. The van der Waals surface area contributed by atoms with Gasteiger partial charge in [-0.15, -0.1) is 0 Å². The first kappa shape index (κ1) is 20.6. The molecule has 0 aliphatic rings. The summed E-state index contributed by atoms with van der Waals surface area (Å²) in [7, 11) is 0. The number of halogens is 1. The summed E-state index contributed by atoms with van der Waals surface area (Å²) in [5.41, 5.74) is 2.05. The zero-order valence-electron chi connectivity index (χ0n) is 14.7. The molecule has 24 heavy (non-hydrogen) atoms.